The van der Waals surface area contributed by atoms with E-state index in [4.69, 9.17) is 8.83 Å². The number of benzene rings is 2. The minimum atomic E-state index is -0.540. The van der Waals surface area contributed by atoms with Crippen LogP contribution in [0, 0.1) is 0 Å². The summed E-state index contributed by atoms with van der Waals surface area (Å²) in [4.78, 5) is 18.7. The molecular formula is C20H18N2O5. The molecule has 4 rings (SSSR count). The van der Waals surface area contributed by atoms with Gasteiger partial charge < -0.3 is 23.9 Å². The molecule has 7 heteroatoms. The molecule has 2 heterocycles. The summed E-state index contributed by atoms with van der Waals surface area (Å²) in [5.41, 5.74) is 2.16. The normalized spacial score (nSPS) is 11.3. The molecule has 4 aromatic rings. The van der Waals surface area contributed by atoms with Gasteiger partial charge in [-0.1, -0.05) is 12.1 Å². The molecule has 0 fully saturated rings. The van der Waals surface area contributed by atoms with E-state index in [1.807, 2.05) is 35.2 Å². The SMILES string of the molecule is O=c1oc2cc(N(CCO)CCO)ccc2cc1-c1nc2ccccc2o1. The van der Waals surface area contributed by atoms with Crippen molar-refractivity contribution in [1.82, 2.24) is 4.98 Å². The second kappa shape index (κ2) is 7.22. The highest BCUT2D eigenvalue weighted by atomic mass is 16.4. The van der Waals surface area contributed by atoms with E-state index in [1.165, 1.54) is 0 Å². The number of fused-ring (bicyclic) bond motifs is 2. The van der Waals surface area contributed by atoms with Gasteiger partial charge in [0.05, 0.1) is 13.2 Å². The van der Waals surface area contributed by atoms with E-state index in [0.717, 1.165) is 11.1 Å². The molecule has 0 spiro atoms. The lowest BCUT2D eigenvalue weighted by molar-refractivity contribution is 0.281. The molecule has 0 saturated heterocycles. The van der Waals surface area contributed by atoms with Crippen LogP contribution in [-0.2, 0) is 0 Å². The number of aromatic nitrogens is 1. The van der Waals surface area contributed by atoms with Gasteiger partial charge in [0, 0.05) is 30.2 Å². The molecule has 0 aliphatic heterocycles. The van der Waals surface area contributed by atoms with E-state index in [-0.39, 0.29) is 24.7 Å². The molecule has 0 saturated carbocycles. The molecule has 0 bridgehead atoms. The lowest BCUT2D eigenvalue weighted by atomic mass is 10.1. The standard InChI is InChI=1S/C20H18N2O5/c23-9-7-22(8-10-24)14-6-5-13-11-15(20(25)27-18(13)12-14)19-21-16-3-1-2-4-17(16)26-19/h1-6,11-12,23-24H,7-10H2. The van der Waals surface area contributed by atoms with Gasteiger partial charge in [-0.15, -0.1) is 0 Å². The molecule has 2 aromatic carbocycles. The van der Waals surface area contributed by atoms with Gasteiger partial charge in [0.15, 0.2) is 5.58 Å². The van der Waals surface area contributed by atoms with E-state index in [0.29, 0.717) is 29.8 Å². The number of nitrogens with zero attached hydrogens (tertiary/aromatic N) is 2. The molecule has 27 heavy (non-hydrogen) atoms. The van der Waals surface area contributed by atoms with Crippen LogP contribution >= 0.6 is 0 Å². The van der Waals surface area contributed by atoms with Gasteiger partial charge in [-0.05, 0) is 30.3 Å². The van der Waals surface area contributed by atoms with Crippen molar-refractivity contribution in [1.29, 1.82) is 0 Å². The lowest BCUT2D eigenvalue weighted by Gasteiger charge is -2.22. The third-order valence-electron chi connectivity index (χ3n) is 4.35. The minimum Gasteiger partial charge on any atom is -0.436 e. The van der Waals surface area contributed by atoms with E-state index in [1.54, 1.807) is 18.2 Å². The molecule has 0 atom stereocenters. The second-order valence-electron chi connectivity index (χ2n) is 6.09. The Balaban J connectivity index is 1.77. The quantitative estimate of drug-likeness (QED) is 0.505. The van der Waals surface area contributed by atoms with E-state index < -0.39 is 5.63 Å². The van der Waals surface area contributed by atoms with Gasteiger partial charge in [0.1, 0.15) is 16.7 Å². The molecule has 2 N–H and O–H groups in total. The molecule has 0 aliphatic carbocycles. The summed E-state index contributed by atoms with van der Waals surface area (Å²) in [7, 11) is 0. The number of para-hydroxylation sites is 2. The maximum Gasteiger partial charge on any atom is 0.349 e. The van der Waals surface area contributed by atoms with Crippen LogP contribution in [0.15, 0.2) is 62.2 Å². The zero-order chi connectivity index (χ0) is 18.8. The van der Waals surface area contributed by atoms with Crippen molar-refractivity contribution in [3.63, 3.8) is 0 Å². The van der Waals surface area contributed by atoms with Crippen molar-refractivity contribution < 1.29 is 19.0 Å². The Morgan fingerprint density at radius 2 is 1.70 bits per heavy atom. The summed E-state index contributed by atoms with van der Waals surface area (Å²) in [6, 6.07) is 14.4. The van der Waals surface area contributed by atoms with Crippen molar-refractivity contribution in [3.8, 4) is 11.5 Å². The van der Waals surface area contributed by atoms with Gasteiger partial charge in [-0.2, -0.15) is 0 Å². The monoisotopic (exact) mass is 366 g/mol. The molecule has 0 aliphatic rings. The molecule has 0 amide bonds. The average molecular weight is 366 g/mol. The molecule has 0 radical (unpaired) electrons. The van der Waals surface area contributed by atoms with Crippen molar-refractivity contribution in [2.45, 2.75) is 0 Å². The molecular weight excluding hydrogens is 348 g/mol. The number of hydrogen-bond acceptors (Lipinski definition) is 7. The first-order chi connectivity index (χ1) is 13.2. The number of oxazole rings is 1. The first kappa shape index (κ1) is 17.3. The number of aliphatic hydroxyl groups is 2. The number of rotatable bonds is 6. The topological polar surface area (TPSA) is 99.9 Å². The smallest absolute Gasteiger partial charge is 0.349 e. The van der Waals surface area contributed by atoms with Crippen LogP contribution in [0.2, 0.25) is 0 Å². The van der Waals surface area contributed by atoms with Crippen LogP contribution in [0.4, 0.5) is 5.69 Å². The van der Waals surface area contributed by atoms with E-state index in [2.05, 4.69) is 4.98 Å². The zero-order valence-electron chi connectivity index (χ0n) is 14.5. The molecule has 0 unspecified atom stereocenters. The highest BCUT2D eigenvalue weighted by molar-refractivity contribution is 5.84. The molecule has 138 valence electrons. The predicted molar refractivity (Wildman–Crippen MR) is 102 cm³/mol. The first-order valence-corrected chi connectivity index (χ1v) is 8.60. The average Bonchev–Trinajstić information content (AvgIpc) is 3.10. The van der Waals surface area contributed by atoms with Gasteiger partial charge in [0.2, 0.25) is 5.89 Å². The van der Waals surface area contributed by atoms with Crippen molar-refractivity contribution in [2.24, 2.45) is 0 Å². The molecule has 7 nitrogen and oxygen atoms in total. The van der Waals surface area contributed by atoms with Crippen LogP contribution < -0.4 is 10.5 Å². The lowest BCUT2D eigenvalue weighted by Crippen LogP contribution is -2.29. The Hall–Kier alpha value is -3.16. The van der Waals surface area contributed by atoms with Gasteiger partial charge in [-0.25, -0.2) is 9.78 Å². The first-order valence-electron chi connectivity index (χ1n) is 8.60. The fourth-order valence-corrected chi connectivity index (χ4v) is 3.04. The molecule has 2 aromatic heterocycles. The predicted octanol–water partition coefficient (Wildman–Crippen LogP) is 2.39. The van der Waals surface area contributed by atoms with Crippen molar-refractivity contribution in [2.75, 3.05) is 31.2 Å². The summed E-state index contributed by atoms with van der Waals surface area (Å²) >= 11 is 0. The third kappa shape index (κ3) is 3.30. The Labute approximate surface area is 154 Å². The van der Waals surface area contributed by atoms with Crippen LogP contribution in [0.25, 0.3) is 33.5 Å². The van der Waals surface area contributed by atoms with Crippen LogP contribution in [-0.4, -0.2) is 41.5 Å². The number of anilines is 1. The summed E-state index contributed by atoms with van der Waals surface area (Å²) in [5.74, 6) is 0.220. The van der Waals surface area contributed by atoms with Crippen LogP contribution in [0.5, 0.6) is 0 Å². The number of hydrogen-bond donors (Lipinski definition) is 2. The zero-order valence-corrected chi connectivity index (χ0v) is 14.5. The summed E-state index contributed by atoms with van der Waals surface area (Å²) in [5, 5.41) is 19.1. The fourth-order valence-electron chi connectivity index (χ4n) is 3.04. The van der Waals surface area contributed by atoms with Gasteiger partial charge in [-0.3, -0.25) is 0 Å². The van der Waals surface area contributed by atoms with Crippen LogP contribution in [0.1, 0.15) is 0 Å². The summed E-state index contributed by atoms with van der Waals surface area (Å²) in [6.45, 7) is 0.659. The fraction of sp³-hybridized carbons (Fsp3) is 0.200. The largest absolute Gasteiger partial charge is 0.436 e. The summed E-state index contributed by atoms with van der Waals surface area (Å²) in [6.07, 6.45) is 0. The minimum absolute atomic E-state index is 0.0430. The number of aliphatic hydroxyl groups excluding tert-OH is 2. The Morgan fingerprint density at radius 1 is 0.926 bits per heavy atom. The highest BCUT2D eigenvalue weighted by Crippen LogP contribution is 2.26. The maximum atomic E-state index is 12.5. The highest BCUT2D eigenvalue weighted by Gasteiger charge is 2.15. The Kier molecular flexibility index (Phi) is 4.62. The van der Waals surface area contributed by atoms with Crippen molar-refractivity contribution in [3.05, 3.63) is 59.0 Å². The third-order valence-corrected chi connectivity index (χ3v) is 4.35. The van der Waals surface area contributed by atoms with Crippen molar-refractivity contribution >= 4 is 27.8 Å². The Morgan fingerprint density at radius 3 is 2.44 bits per heavy atom. The maximum absolute atomic E-state index is 12.5. The summed E-state index contributed by atoms with van der Waals surface area (Å²) < 4.78 is 11.2. The van der Waals surface area contributed by atoms with Gasteiger partial charge in [0.25, 0.3) is 0 Å². The second-order valence-corrected chi connectivity index (χ2v) is 6.09. The van der Waals surface area contributed by atoms with E-state index in [9.17, 15) is 15.0 Å². The Bertz CT molecular complexity index is 1110. The van der Waals surface area contributed by atoms with E-state index >= 15 is 0 Å². The van der Waals surface area contributed by atoms with Gasteiger partial charge >= 0.3 is 5.63 Å². The van der Waals surface area contributed by atoms with Crippen LogP contribution in [0.3, 0.4) is 0 Å².